The van der Waals surface area contributed by atoms with E-state index in [1.165, 1.54) is 0 Å². The van der Waals surface area contributed by atoms with Gasteiger partial charge in [-0.1, -0.05) is 0 Å². The highest BCUT2D eigenvalue weighted by molar-refractivity contribution is 5.57. The number of nitrogens with two attached hydrogens (primary N) is 1. The number of nitrogen functional groups attached to an aromatic ring is 1. The first-order valence-corrected chi connectivity index (χ1v) is 6.42. The van der Waals surface area contributed by atoms with Crippen LogP contribution in [0.2, 0.25) is 0 Å². The van der Waals surface area contributed by atoms with Crippen LogP contribution in [0.5, 0.6) is 11.5 Å². The van der Waals surface area contributed by atoms with E-state index in [2.05, 4.69) is 4.90 Å². The van der Waals surface area contributed by atoms with Crippen molar-refractivity contribution >= 4 is 5.69 Å². The highest BCUT2D eigenvalue weighted by Crippen LogP contribution is 2.34. The molecule has 0 aromatic heterocycles. The lowest BCUT2D eigenvalue weighted by Crippen LogP contribution is -2.23. The molecule has 0 aliphatic carbocycles. The van der Waals surface area contributed by atoms with Gasteiger partial charge in [-0.2, -0.15) is 0 Å². The monoisotopic (exact) mass is 268 g/mol. The van der Waals surface area contributed by atoms with Crippen LogP contribution < -0.4 is 15.2 Å². The van der Waals surface area contributed by atoms with Gasteiger partial charge in [0.15, 0.2) is 11.5 Å². The maximum Gasteiger partial charge on any atom is 0.164 e. The van der Waals surface area contributed by atoms with Crippen LogP contribution in [-0.4, -0.2) is 51.0 Å². The molecule has 3 N–H and O–H groups in total. The topological polar surface area (TPSA) is 68.0 Å². The van der Waals surface area contributed by atoms with Crippen LogP contribution in [0, 0.1) is 0 Å². The fourth-order valence-electron chi connectivity index (χ4n) is 2.07. The predicted octanol–water partition coefficient (Wildman–Crippen LogP) is 1.14. The molecule has 108 valence electrons. The first kappa shape index (κ1) is 15.6. The Bertz CT molecular complexity index is 397. The van der Waals surface area contributed by atoms with E-state index in [-0.39, 0.29) is 6.61 Å². The number of methoxy groups -OCH3 is 2. The van der Waals surface area contributed by atoms with Crippen LogP contribution in [0.3, 0.4) is 0 Å². The van der Waals surface area contributed by atoms with Gasteiger partial charge < -0.3 is 25.2 Å². The molecule has 5 heteroatoms. The van der Waals surface area contributed by atoms with Gasteiger partial charge in [0.05, 0.1) is 20.8 Å². The molecule has 0 atom stereocenters. The van der Waals surface area contributed by atoms with E-state index in [1.807, 2.05) is 13.1 Å². The summed E-state index contributed by atoms with van der Waals surface area (Å²) in [7, 11) is 5.24. The number of hydrogen-bond donors (Lipinski definition) is 2. The van der Waals surface area contributed by atoms with Crippen LogP contribution in [-0.2, 0) is 6.42 Å². The summed E-state index contributed by atoms with van der Waals surface area (Å²) in [6, 6.07) is 3.69. The zero-order valence-electron chi connectivity index (χ0n) is 12.0. The summed E-state index contributed by atoms with van der Waals surface area (Å²) < 4.78 is 10.7. The summed E-state index contributed by atoms with van der Waals surface area (Å²) in [5.41, 5.74) is 7.59. The van der Waals surface area contributed by atoms with Crippen molar-refractivity contribution in [3.63, 3.8) is 0 Å². The summed E-state index contributed by atoms with van der Waals surface area (Å²) in [5.74, 6) is 1.42. The predicted molar refractivity (Wildman–Crippen MR) is 76.9 cm³/mol. The molecule has 0 unspecified atom stereocenters. The van der Waals surface area contributed by atoms with Crippen LogP contribution in [0.4, 0.5) is 5.69 Å². The zero-order valence-corrected chi connectivity index (χ0v) is 12.0. The normalized spacial score (nSPS) is 10.8. The average Bonchev–Trinajstić information content (AvgIpc) is 2.38. The van der Waals surface area contributed by atoms with Gasteiger partial charge in [-0.15, -0.1) is 0 Å². The molecular formula is C14H24N2O3. The summed E-state index contributed by atoms with van der Waals surface area (Å²) in [5, 5.41) is 8.85. The quantitative estimate of drug-likeness (QED) is 0.692. The van der Waals surface area contributed by atoms with Crippen molar-refractivity contribution in [1.29, 1.82) is 0 Å². The molecule has 0 spiro atoms. The second-order valence-corrected chi connectivity index (χ2v) is 4.55. The maximum absolute atomic E-state index is 8.85. The molecule has 0 aliphatic rings. The van der Waals surface area contributed by atoms with Crippen LogP contribution >= 0.6 is 0 Å². The van der Waals surface area contributed by atoms with Gasteiger partial charge in [0.1, 0.15) is 0 Å². The van der Waals surface area contributed by atoms with Gasteiger partial charge >= 0.3 is 0 Å². The molecule has 5 nitrogen and oxygen atoms in total. The number of aliphatic hydroxyl groups excluding tert-OH is 1. The lowest BCUT2D eigenvalue weighted by Gasteiger charge is -2.17. The van der Waals surface area contributed by atoms with Gasteiger partial charge in [0.2, 0.25) is 0 Å². The number of nitrogens with zero attached hydrogens (tertiary/aromatic N) is 1. The highest BCUT2D eigenvalue weighted by atomic mass is 16.5. The molecule has 1 aromatic carbocycles. The molecule has 0 saturated carbocycles. The SMILES string of the molecule is COc1cc(N)cc(CCCN(C)CCO)c1OC. The van der Waals surface area contributed by atoms with E-state index in [0.717, 1.165) is 30.7 Å². The first-order valence-electron chi connectivity index (χ1n) is 6.42. The number of anilines is 1. The molecule has 0 aliphatic heterocycles. The Kier molecular flexibility index (Phi) is 6.45. The molecule has 19 heavy (non-hydrogen) atoms. The Morgan fingerprint density at radius 3 is 2.53 bits per heavy atom. The van der Waals surface area contributed by atoms with Gasteiger partial charge in [-0.25, -0.2) is 0 Å². The van der Waals surface area contributed by atoms with E-state index in [4.69, 9.17) is 20.3 Å². The number of likely N-dealkylation sites (N-methyl/N-ethyl adjacent to an activating group) is 1. The Hall–Kier alpha value is -1.46. The Morgan fingerprint density at radius 1 is 1.21 bits per heavy atom. The zero-order chi connectivity index (χ0) is 14.3. The van der Waals surface area contributed by atoms with Gasteiger partial charge in [0, 0.05) is 23.9 Å². The van der Waals surface area contributed by atoms with Crippen molar-refractivity contribution in [2.24, 2.45) is 0 Å². The van der Waals surface area contributed by atoms with Gasteiger partial charge in [0.25, 0.3) is 0 Å². The number of aryl methyl sites for hydroxylation is 1. The lowest BCUT2D eigenvalue weighted by molar-refractivity contribution is 0.220. The summed E-state index contributed by atoms with van der Waals surface area (Å²) in [4.78, 5) is 2.09. The molecule has 0 fully saturated rings. The second-order valence-electron chi connectivity index (χ2n) is 4.55. The largest absolute Gasteiger partial charge is 0.493 e. The van der Waals surface area contributed by atoms with Crippen molar-refractivity contribution < 1.29 is 14.6 Å². The average molecular weight is 268 g/mol. The van der Waals surface area contributed by atoms with Crippen LogP contribution in [0.1, 0.15) is 12.0 Å². The fourth-order valence-corrected chi connectivity index (χ4v) is 2.07. The minimum Gasteiger partial charge on any atom is -0.493 e. The van der Waals surface area contributed by atoms with Crippen molar-refractivity contribution in [2.45, 2.75) is 12.8 Å². The van der Waals surface area contributed by atoms with E-state index in [9.17, 15) is 0 Å². The highest BCUT2D eigenvalue weighted by Gasteiger charge is 2.11. The van der Waals surface area contributed by atoms with Gasteiger partial charge in [-0.3, -0.25) is 0 Å². The second kappa shape index (κ2) is 7.86. The summed E-state index contributed by atoms with van der Waals surface area (Å²) >= 11 is 0. The molecule has 0 amide bonds. The van der Waals surface area contributed by atoms with Crippen LogP contribution in [0.25, 0.3) is 0 Å². The molecule has 0 bridgehead atoms. The van der Waals surface area contributed by atoms with E-state index < -0.39 is 0 Å². The smallest absolute Gasteiger partial charge is 0.164 e. The number of hydrogen-bond acceptors (Lipinski definition) is 5. The van der Waals surface area contributed by atoms with E-state index in [0.29, 0.717) is 18.0 Å². The first-order chi connectivity index (χ1) is 9.12. The summed E-state index contributed by atoms with van der Waals surface area (Å²) in [6.07, 6.45) is 1.83. The lowest BCUT2D eigenvalue weighted by atomic mass is 10.1. The number of aliphatic hydroxyl groups is 1. The van der Waals surface area contributed by atoms with Crippen molar-refractivity contribution in [3.8, 4) is 11.5 Å². The Morgan fingerprint density at radius 2 is 1.95 bits per heavy atom. The Labute approximate surface area is 114 Å². The molecule has 1 rings (SSSR count). The van der Waals surface area contributed by atoms with Crippen molar-refractivity contribution in [1.82, 2.24) is 4.90 Å². The maximum atomic E-state index is 8.85. The molecule has 0 heterocycles. The minimum atomic E-state index is 0.186. The van der Waals surface area contributed by atoms with Gasteiger partial charge in [-0.05, 0) is 32.5 Å². The molecular weight excluding hydrogens is 244 g/mol. The summed E-state index contributed by atoms with van der Waals surface area (Å²) in [6.45, 7) is 1.80. The van der Waals surface area contributed by atoms with Crippen LogP contribution in [0.15, 0.2) is 12.1 Å². The van der Waals surface area contributed by atoms with Crippen molar-refractivity contribution in [2.75, 3.05) is 46.7 Å². The molecule has 0 saturated heterocycles. The third-order valence-corrected chi connectivity index (χ3v) is 3.05. The van der Waals surface area contributed by atoms with E-state index >= 15 is 0 Å². The Balaban J connectivity index is 2.69. The third kappa shape index (κ3) is 4.61. The van der Waals surface area contributed by atoms with E-state index in [1.54, 1.807) is 20.3 Å². The number of ether oxygens (including phenoxy) is 2. The van der Waals surface area contributed by atoms with Crippen molar-refractivity contribution in [3.05, 3.63) is 17.7 Å². The standard InChI is InChI=1S/C14H24N2O3/c1-16(7-8-17)6-4-5-11-9-12(15)10-13(18-2)14(11)19-3/h9-10,17H,4-8,15H2,1-3H3. The molecule has 0 radical (unpaired) electrons. The fraction of sp³-hybridized carbons (Fsp3) is 0.571. The minimum absolute atomic E-state index is 0.186. The number of rotatable bonds is 8. The third-order valence-electron chi connectivity index (χ3n) is 3.05. The molecule has 1 aromatic rings. The number of benzene rings is 1.